The van der Waals surface area contributed by atoms with Crippen molar-refractivity contribution >= 4 is 0 Å². The summed E-state index contributed by atoms with van der Waals surface area (Å²) in [7, 11) is 6.63. The maximum Gasteiger partial charge on any atom is 0.226 e. The summed E-state index contributed by atoms with van der Waals surface area (Å²) < 4.78 is 30.9. The third-order valence-corrected chi connectivity index (χ3v) is 7.22. The van der Waals surface area contributed by atoms with E-state index in [2.05, 4.69) is 24.3 Å². The van der Waals surface area contributed by atoms with Gasteiger partial charge in [-0.3, -0.25) is 0 Å². The standard InChI is InChI=1S/C30H26O5/c1-31-29(32-2)23-15-7-5-11-19(23)21-13-9-17-25(27(21)29)35-26-18-10-14-22-20-12-6-8-16-24(20)30(33-3,34-4)28(22)26/h5-18H,1-4H3. The highest BCUT2D eigenvalue weighted by atomic mass is 16.7. The van der Waals surface area contributed by atoms with Crippen molar-refractivity contribution in [3.8, 4) is 33.8 Å². The van der Waals surface area contributed by atoms with Crippen LogP contribution in [0.15, 0.2) is 84.9 Å². The van der Waals surface area contributed by atoms with Crippen LogP contribution in [0, 0.1) is 0 Å². The van der Waals surface area contributed by atoms with Crippen molar-refractivity contribution in [2.75, 3.05) is 28.4 Å². The number of benzene rings is 4. The Balaban J connectivity index is 1.56. The molecule has 176 valence electrons. The van der Waals surface area contributed by atoms with E-state index in [0.717, 1.165) is 44.5 Å². The minimum atomic E-state index is -1.08. The molecule has 0 saturated carbocycles. The zero-order valence-electron chi connectivity index (χ0n) is 20.1. The molecule has 0 aromatic heterocycles. The SMILES string of the molecule is COC1(OC)c2ccccc2-c2cccc(Oc3cccc4c3C(OC)(OC)c3ccccc3-4)c21. The van der Waals surface area contributed by atoms with Gasteiger partial charge in [-0.25, -0.2) is 0 Å². The summed E-state index contributed by atoms with van der Waals surface area (Å²) in [5.41, 5.74) is 7.72. The van der Waals surface area contributed by atoms with Crippen LogP contribution in [0.4, 0.5) is 0 Å². The first-order valence-corrected chi connectivity index (χ1v) is 11.5. The van der Waals surface area contributed by atoms with E-state index in [-0.39, 0.29) is 0 Å². The highest BCUT2D eigenvalue weighted by Crippen LogP contribution is 2.57. The maximum atomic E-state index is 6.72. The number of hydrogen-bond acceptors (Lipinski definition) is 5. The lowest BCUT2D eigenvalue weighted by molar-refractivity contribution is -0.182. The fourth-order valence-electron chi connectivity index (χ4n) is 5.77. The van der Waals surface area contributed by atoms with Crippen LogP contribution in [0.5, 0.6) is 11.5 Å². The van der Waals surface area contributed by atoms with Gasteiger partial charge >= 0.3 is 0 Å². The van der Waals surface area contributed by atoms with Gasteiger partial charge in [-0.2, -0.15) is 0 Å². The quantitative estimate of drug-likeness (QED) is 0.307. The summed E-state index contributed by atoms with van der Waals surface area (Å²) in [6.45, 7) is 0. The molecule has 0 saturated heterocycles. The summed E-state index contributed by atoms with van der Waals surface area (Å²) in [4.78, 5) is 0. The van der Waals surface area contributed by atoms with E-state index >= 15 is 0 Å². The number of methoxy groups -OCH3 is 4. The highest BCUT2D eigenvalue weighted by Gasteiger charge is 2.49. The van der Waals surface area contributed by atoms with Gasteiger partial charge in [0, 0.05) is 39.6 Å². The van der Waals surface area contributed by atoms with Crippen LogP contribution in [0.3, 0.4) is 0 Å². The average Bonchev–Trinajstić information content (AvgIpc) is 3.38. The van der Waals surface area contributed by atoms with Crippen LogP contribution in [0.2, 0.25) is 0 Å². The molecule has 35 heavy (non-hydrogen) atoms. The van der Waals surface area contributed by atoms with Crippen molar-refractivity contribution < 1.29 is 23.7 Å². The number of ether oxygens (including phenoxy) is 5. The summed E-state index contributed by atoms with van der Waals surface area (Å²) in [5.74, 6) is -0.868. The molecule has 0 heterocycles. The second kappa shape index (κ2) is 8.04. The van der Waals surface area contributed by atoms with E-state index in [9.17, 15) is 0 Å². The van der Waals surface area contributed by atoms with Gasteiger partial charge in [-0.15, -0.1) is 0 Å². The monoisotopic (exact) mass is 466 g/mol. The van der Waals surface area contributed by atoms with E-state index in [1.165, 1.54) is 0 Å². The maximum absolute atomic E-state index is 6.72. The van der Waals surface area contributed by atoms with Crippen LogP contribution in [0.1, 0.15) is 22.3 Å². The third-order valence-electron chi connectivity index (χ3n) is 7.22. The molecule has 0 fully saturated rings. The molecule has 0 radical (unpaired) electrons. The summed E-state index contributed by atoms with van der Waals surface area (Å²) in [6, 6.07) is 28.2. The first kappa shape index (κ1) is 22.0. The van der Waals surface area contributed by atoms with Crippen LogP contribution in [-0.4, -0.2) is 28.4 Å². The van der Waals surface area contributed by atoms with Gasteiger partial charge < -0.3 is 23.7 Å². The van der Waals surface area contributed by atoms with Gasteiger partial charge in [0.2, 0.25) is 11.6 Å². The molecule has 6 rings (SSSR count). The molecule has 4 aromatic rings. The lowest BCUT2D eigenvalue weighted by Crippen LogP contribution is -2.31. The normalized spacial score (nSPS) is 15.8. The van der Waals surface area contributed by atoms with Crippen molar-refractivity contribution in [3.05, 3.63) is 107 Å². The second-order valence-corrected chi connectivity index (χ2v) is 8.60. The summed E-state index contributed by atoms with van der Waals surface area (Å²) in [5, 5.41) is 0. The molecule has 0 spiro atoms. The van der Waals surface area contributed by atoms with Gasteiger partial charge in [0.05, 0.1) is 11.1 Å². The zero-order chi connectivity index (χ0) is 24.2. The van der Waals surface area contributed by atoms with Gasteiger partial charge in [0.15, 0.2) is 0 Å². The van der Waals surface area contributed by atoms with Crippen LogP contribution < -0.4 is 4.74 Å². The molecule has 0 atom stereocenters. The Kier molecular flexibility index (Phi) is 5.06. The van der Waals surface area contributed by atoms with Crippen LogP contribution in [-0.2, 0) is 30.5 Å². The predicted molar refractivity (Wildman–Crippen MR) is 133 cm³/mol. The van der Waals surface area contributed by atoms with E-state index in [0.29, 0.717) is 11.5 Å². The van der Waals surface area contributed by atoms with Crippen molar-refractivity contribution in [3.63, 3.8) is 0 Å². The zero-order valence-corrected chi connectivity index (χ0v) is 20.1. The molecule has 5 nitrogen and oxygen atoms in total. The Labute approximate surface area is 204 Å². The third kappa shape index (κ3) is 2.78. The molecule has 0 bridgehead atoms. The van der Waals surface area contributed by atoms with E-state index in [4.69, 9.17) is 23.7 Å². The van der Waals surface area contributed by atoms with Crippen molar-refractivity contribution in [1.82, 2.24) is 0 Å². The second-order valence-electron chi connectivity index (χ2n) is 8.60. The Morgan fingerprint density at radius 1 is 0.429 bits per heavy atom. The molecular formula is C30H26O5. The molecule has 5 heteroatoms. The number of rotatable bonds is 6. The average molecular weight is 467 g/mol. The molecule has 2 aliphatic rings. The lowest BCUT2D eigenvalue weighted by atomic mass is 10.0. The van der Waals surface area contributed by atoms with Crippen molar-refractivity contribution in [2.45, 2.75) is 11.6 Å². The first-order valence-electron chi connectivity index (χ1n) is 11.5. The van der Waals surface area contributed by atoms with Crippen LogP contribution >= 0.6 is 0 Å². The van der Waals surface area contributed by atoms with Crippen molar-refractivity contribution in [1.29, 1.82) is 0 Å². The molecule has 4 aromatic carbocycles. The minimum absolute atomic E-state index is 0.646. The van der Waals surface area contributed by atoms with Crippen molar-refractivity contribution in [2.24, 2.45) is 0 Å². The smallest absolute Gasteiger partial charge is 0.226 e. The highest BCUT2D eigenvalue weighted by molar-refractivity contribution is 5.84. The van der Waals surface area contributed by atoms with E-state index in [1.54, 1.807) is 28.4 Å². The fourth-order valence-corrected chi connectivity index (χ4v) is 5.77. The number of hydrogen-bond donors (Lipinski definition) is 0. The molecule has 2 aliphatic carbocycles. The van der Waals surface area contributed by atoms with Gasteiger partial charge in [-0.1, -0.05) is 72.8 Å². The minimum Gasteiger partial charge on any atom is -0.456 e. The molecule has 0 aliphatic heterocycles. The van der Waals surface area contributed by atoms with E-state index < -0.39 is 11.6 Å². The summed E-state index contributed by atoms with van der Waals surface area (Å²) in [6.07, 6.45) is 0. The Morgan fingerprint density at radius 3 is 1.20 bits per heavy atom. The van der Waals surface area contributed by atoms with Gasteiger partial charge in [-0.05, 0) is 34.4 Å². The Hall–Kier alpha value is -3.48. The lowest BCUT2D eigenvalue weighted by Gasteiger charge is -2.31. The fraction of sp³-hybridized carbons (Fsp3) is 0.200. The Bertz CT molecular complexity index is 1320. The topological polar surface area (TPSA) is 46.2 Å². The predicted octanol–water partition coefficient (Wildman–Crippen LogP) is 6.43. The van der Waals surface area contributed by atoms with Gasteiger partial charge in [0.25, 0.3) is 0 Å². The molecule has 0 unspecified atom stereocenters. The first-order chi connectivity index (χ1) is 17.1. The number of fused-ring (bicyclic) bond motifs is 6. The molecular weight excluding hydrogens is 440 g/mol. The van der Waals surface area contributed by atoms with E-state index in [1.807, 2.05) is 60.7 Å². The molecule has 0 amide bonds. The largest absolute Gasteiger partial charge is 0.456 e. The summed E-state index contributed by atoms with van der Waals surface area (Å²) >= 11 is 0. The van der Waals surface area contributed by atoms with Crippen LogP contribution in [0.25, 0.3) is 22.3 Å². The van der Waals surface area contributed by atoms with Gasteiger partial charge in [0.1, 0.15) is 11.5 Å². The Morgan fingerprint density at radius 2 is 0.800 bits per heavy atom. The molecule has 0 N–H and O–H groups in total.